The number of amides is 3. The van der Waals surface area contributed by atoms with E-state index in [1.807, 2.05) is 43.1 Å². The van der Waals surface area contributed by atoms with Gasteiger partial charge < -0.3 is 15.5 Å². The Bertz CT molecular complexity index is 724. The number of urea groups is 1. The summed E-state index contributed by atoms with van der Waals surface area (Å²) >= 11 is 6.03. The molecule has 1 aromatic rings. The molecule has 2 N–H and O–H groups in total. The van der Waals surface area contributed by atoms with Crippen LogP contribution in [0.2, 0.25) is 5.02 Å². The molecule has 1 saturated heterocycles. The van der Waals surface area contributed by atoms with Gasteiger partial charge in [0.05, 0.1) is 0 Å². The molecule has 0 aromatic heterocycles. The van der Waals surface area contributed by atoms with Crippen molar-refractivity contribution in [3.8, 4) is 0 Å². The monoisotopic (exact) mass is 393 g/mol. The van der Waals surface area contributed by atoms with E-state index in [1.165, 1.54) is 4.90 Å². The minimum Gasteiger partial charge on any atom is -0.356 e. The van der Waals surface area contributed by atoms with Crippen LogP contribution in [0.3, 0.4) is 0 Å². The predicted octanol–water partition coefficient (Wildman–Crippen LogP) is 2.46. The highest BCUT2D eigenvalue weighted by atomic mass is 35.5. The quantitative estimate of drug-likeness (QED) is 0.323. The summed E-state index contributed by atoms with van der Waals surface area (Å²) in [6.07, 6.45) is 1.22. The van der Waals surface area contributed by atoms with Crippen molar-refractivity contribution in [2.45, 2.75) is 38.8 Å². The first kappa shape index (κ1) is 21.0. The van der Waals surface area contributed by atoms with Gasteiger partial charge in [0, 0.05) is 38.8 Å². The zero-order valence-electron chi connectivity index (χ0n) is 16.4. The third kappa shape index (κ3) is 5.13. The van der Waals surface area contributed by atoms with Gasteiger partial charge in [-0.05, 0) is 37.5 Å². The molecule has 1 atom stereocenters. The summed E-state index contributed by atoms with van der Waals surface area (Å²) in [6.45, 7) is 5.30. The summed E-state index contributed by atoms with van der Waals surface area (Å²) in [5.41, 5.74) is 0.309. The zero-order valence-corrected chi connectivity index (χ0v) is 17.1. The normalized spacial score (nSPS) is 20.0. The van der Waals surface area contributed by atoms with Crippen LogP contribution < -0.4 is 10.6 Å². The summed E-state index contributed by atoms with van der Waals surface area (Å²) in [7, 11) is 3.67. The van der Waals surface area contributed by atoms with Crippen molar-refractivity contribution in [2.75, 3.05) is 27.2 Å². The number of nitrogens with zero attached hydrogens (tertiary/aromatic N) is 3. The minimum atomic E-state index is -0.780. The molecule has 1 aliphatic rings. The number of halogens is 1. The van der Waals surface area contributed by atoms with E-state index >= 15 is 0 Å². The van der Waals surface area contributed by atoms with Gasteiger partial charge in [0.2, 0.25) is 0 Å². The van der Waals surface area contributed by atoms with Crippen LogP contribution in [0.25, 0.3) is 0 Å². The summed E-state index contributed by atoms with van der Waals surface area (Å²) in [4.78, 5) is 32.0. The van der Waals surface area contributed by atoms with Crippen LogP contribution in [0.4, 0.5) is 4.79 Å². The number of carbonyl (C=O) groups excluding carboxylic acids is 2. The number of hydrogen-bond donors (Lipinski definition) is 2. The van der Waals surface area contributed by atoms with Crippen molar-refractivity contribution in [2.24, 2.45) is 4.99 Å². The van der Waals surface area contributed by atoms with Crippen LogP contribution >= 0.6 is 11.6 Å². The van der Waals surface area contributed by atoms with E-state index in [9.17, 15) is 9.59 Å². The molecule has 0 radical (unpaired) electrons. The van der Waals surface area contributed by atoms with Gasteiger partial charge in [-0.3, -0.25) is 14.7 Å². The fourth-order valence-electron chi connectivity index (χ4n) is 3.00. The molecular weight excluding hydrogens is 366 g/mol. The number of rotatable bonds is 7. The van der Waals surface area contributed by atoms with E-state index in [0.29, 0.717) is 37.5 Å². The molecule has 2 rings (SSSR count). The number of hydrogen-bond acceptors (Lipinski definition) is 3. The Hall–Kier alpha value is -2.28. The van der Waals surface area contributed by atoms with Gasteiger partial charge in [-0.2, -0.15) is 0 Å². The van der Waals surface area contributed by atoms with E-state index in [1.54, 1.807) is 14.0 Å². The van der Waals surface area contributed by atoms with Crippen molar-refractivity contribution in [3.63, 3.8) is 0 Å². The van der Waals surface area contributed by atoms with Crippen LogP contribution in [-0.2, 0) is 11.3 Å². The lowest BCUT2D eigenvalue weighted by atomic mass is 9.99. The van der Waals surface area contributed by atoms with Crippen LogP contribution in [0.5, 0.6) is 0 Å². The van der Waals surface area contributed by atoms with E-state index in [2.05, 4.69) is 15.6 Å². The Kier molecular flexibility index (Phi) is 7.07. The zero-order chi connectivity index (χ0) is 20.0. The molecule has 3 amide bonds. The van der Waals surface area contributed by atoms with E-state index in [4.69, 9.17) is 11.6 Å². The molecule has 1 aliphatic heterocycles. The van der Waals surface area contributed by atoms with E-state index in [-0.39, 0.29) is 11.9 Å². The van der Waals surface area contributed by atoms with Crippen molar-refractivity contribution < 1.29 is 9.59 Å². The fraction of sp³-hybridized carbons (Fsp3) is 0.526. The molecule has 27 heavy (non-hydrogen) atoms. The smallest absolute Gasteiger partial charge is 0.325 e. The maximum Gasteiger partial charge on any atom is 0.325 e. The van der Waals surface area contributed by atoms with Crippen LogP contribution in [0, 0.1) is 0 Å². The van der Waals surface area contributed by atoms with Gasteiger partial charge in [-0.1, -0.05) is 30.7 Å². The summed E-state index contributed by atoms with van der Waals surface area (Å²) < 4.78 is 0. The Morgan fingerprint density at radius 1 is 1.41 bits per heavy atom. The number of nitrogens with one attached hydrogen (secondary N) is 2. The topological polar surface area (TPSA) is 77.0 Å². The predicted molar refractivity (Wildman–Crippen MR) is 108 cm³/mol. The molecule has 148 valence electrons. The van der Waals surface area contributed by atoms with Gasteiger partial charge >= 0.3 is 6.03 Å². The van der Waals surface area contributed by atoms with Crippen molar-refractivity contribution in [1.29, 1.82) is 0 Å². The second-order valence-corrected chi connectivity index (χ2v) is 7.32. The first-order valence-electron chi connectivity index (χ1n) is 9.11. The highest BCUT2D eigenvalue weighted by Gasteiger charge is 2.45. The van der Waals surface area contributed by atoms with Gasteiger partial charge in [-0.25, -0.2) is 4.79 Å². The molecule has 0 saturated carbocycles. The SMILES string of the molecule is CCC1(C)NC(=O)N(CCCNC(=NC)N(C)Cc2cccc(Cl)c2)C1=O. The van der Waals surface area contributed by atoms with Crippen molar-refractivity contribution in [1.82, 2.24) is 20.4 Å². The second-order valence-electron chi connectivity index (χ2n) is 6.89. The van der Waals surface area contributed by atoms with E-state index in [0.717, 1.165) is 11.5 Å². The Labute approximate surface area is 165 Å². The molecule has 0 bridgehead atoms. The average molecular weight is 394 g/mol. The summed E-state index contributed by atoms with van der Waals surface area (Å²) in [5.74, 6) is 0.586. The molecule has 0 spiro atoms. The average Bonchev–Trinajstić information content (AvgIpc) is 2.85. The number of aliphatic imine (C=N–C) groups is 1. The minimum absolute atomic E-state index is 0.155. The molecule has 1 unspecified atom stereocenters. The highest BCUT2D eigenvalue weighted by Crippen LogP contribution is 2.20. The van der Waals surface area contributed by atoms with Gasteiger partial charge in [0.15, 0.2) is 5.96 Å². The molecule has 7 nitrogen and oxygen atoms in total. The largest absolute Gasteiger partial charge is 0.356 e. The third-order valence-corrected chi connectivity index (χ3v) is 5.01. The first-order valence-corrected chi connectivity index (χ1v) is 9.49. The number of guanidine groups is 1. The fourth-order valence-corrected chi connectivity index (χ4v) is 3.21. The summed E-state index contributed by atoms with van der Waals surface area (Å²) in [5, 5.41) is 6.74. The molecule has 0 aliphatic carbocycles. The molecule has 8 heteroatoms. The lowest BCUT2D eigenvalue weighted by Gasteiger charge is -2.23. The van der Waals surface area contributed by atoms with Gasteiger partial charge in [0.1, 0.15) is 5.54 Å². The van der Waals surface area contributed by atoms with Crippen molar-refractivity contribution in [3.05, 3.63) is 34.9 Å². The lowest BCUT2D eigenvalue weighted by Crippen LogP contribution is -2.43. The Balaban J connectivity index is 1.81. The van der Waals surface area contributed by atoms with Crippen LogP contribution in [0.1, 0.15) is 32.3 Å². The maximum absolute atomic E-state index is 12.4. The first-order chi connectivity index (χ1) is 12.8. The molecular formula is C19H28ClN5O2. The standard InChI is InChI=1S/C19H28ClN5O2/c1-5-19(2)16(26)25(18(27)23-19)11-7-10-22-17(21-3)24(4)13-14-8-6-9-15(20)12-14/h6,8-9,12H,5,7,10-11,13H2,1-4H3,(H,21,22)(H,23,27). The number of benzene rings is 1. The maximum atomic E-state index is 12.4. The van der Waals surface area contributed by atoms with Gasteiger partial charge in [-0.15, -0.1) is 0 Å². The Morgan fingerprint density at radius 3 is 2.74 bits per heavy atom. The molecule has 1 fully saturated rings. The lowest BCUT2D eigenvalue weighted by molar-refractivity contribution is -0.130. The van der Waals surface area contributed by atoms with Crippen molar-refractivity contribution >= 4 is 29.5 Å². The second kappa shape index (κ2) is 9.08. The Morgan fingerprint density at radius 2 is 2.15 bits per heavy atom. The molecule has 1 heterocycles. The highest BCUT2D eigenvalue weighted by molar-refractivity contribution is 6.30. The van der Waals surface area contributed by atoms with Crippen LogP contribution in [0.15, 0.2) is 29.3 Å². The van der Waals surface area contributed by atoms with Crippen LogP contribution in [-0.4, -0.2) is 60.4 Å². The number of imide groups is 1. The van der Waals surface area contributed by atoms with Gasteiger partial charge in [0.25, 0.3) is 5.91 Å². The number of carbonyl (C=O) groups is 2. The molecule has 1 aromatic carbocycles. The van der Waals surface area contributed by atoms with E-state index < -0.39 is 5.54 Å². The summed E-state index contributed by atoms with van der Waals surface area (Å²) in [6, 6.07) is 7.39. The third-order valence-electron chi connectivity index (χ3n) is 4.78.